The van der Waals surface area contributed by atoms with Crippen LogP contribution in [0.15, 0.2) is 99.9 Å². The smallest absolute Gasteiger partial charge is 0.0715 e. The van der Waals surface area contributed by atoms with Crippen LogP contribution >= 0.6 is 31.9 Å². The normalized spacial score (nSPS) is 10.7. The van der Waals surface area contributed by atoms with Gasteiger partial charge in [-0.15, -0.1) is 0 Å². The zero-order valence-corrected chi connectivity index (χ0v) is 17.0. The highest BCUT2D eigenvalue weighted by atomic mass is 79.9. The van der Waals surface area contributed by atoms with Crippen molar-refractivity contribution in [3.05, 3.63) is 99.9 Å². The molecule has 4 rings (SSSR count). The number of hydrogen-bond acceptors (Lipinski definition) is 1. The van der Waals surface area contributed by atoms with Crippen molar-refractivity contribution in [3.63, 3.8) is 0 Å². The zero-order chi connectivity index (χ0) is 17.9. The fourth-order valence-electron chi connectivity index (χ4n) is 2.93. The first-order chi connectivity index (χ1) is 12.7. The molecule has 0 saturated carbocycles. The van der Waals surface area contributed by atoms with Gasteiger partial charge in [0, 0.05) is 20.1 Å². The van der Waals surface area contributed by atoms with Gasteiger partial charge in [0.25, 0.3) is 0 Å². The lowest BCUT2D eigenvalue weighted by Crippen LogP contribution is -1.91. The standard InChI is InChI=1S/C23H15Br2N/c24-20-11-18(12-21(25)15-20)19-13-22(16-7-3-1-4-8-16)26-23(14-19)17-9-5-2-6-10-17/h1-15H. The van der Waals surface area contributed by atoms with Crippen molar-refractivity contribution in [2.75, 3.05) is 0 Å². The molecule has 0 unspecified atom stereocenters. The third kappa shape index (κ3) is 3.79. The minimum Gasteiger partial charge on any atom is -0.248 e. The van der Waals surface area contributed by atoms with Crippen molar-refractivity contribution in [3.8, 4) is 33.6 Å². The number of hydrogen-bond donors (Lipinski definition) is 0. The summed E-state index contributed by atoms with van der Waals surface area (Å²) in [4.78, 5) is 4.92. The van der Waals surface area contributed by atoms with Crippen LogP contribution in [0.2, 0.25) is 0 Å². The van der Waals surface area contributed by atoms with Crippen LogP contribution in [0.4, 0.5) is 0 Å². The Labute approximate surface area is 170 Å². The van der Waals surface area contributed by atoms with E-state index in [-0.39, 0.29) is 0 Å². The van der Waals surface area contributed by atoms with Crippen molar-refractivity contribution >= 4 is 31.9 Å². The summed E-state index contributed by atoms with van der Waals surface area (Å²) in [5.41, 5.74) is 6.44. The second kappa shape index (κ2) is 7.56. The second-order valence-electron chi connectivity index (χ2n) is 6.02. The summed E-state index contributed by atoms with van der Waals surface area (Å²) in [7, 11) is 0. The highest BCUT2D eigenvalue weighted by Crippen LogP contribution is 2.33. The highest BCUT2D eigenvalue weighted by molar-refractivity contribution is 9.11. The molecule has 0 radical (unpaired) electrons. The maximum absolute atomic E-state index is 4.92. The molecule has 3 heteroatoms. The van der Waals surface area contributed by atoms with Crippen LogP contribution in [-0.4, -0.2) is 4.98 Å². The quantitative estimate of drug-likeness (QED) is 0.304. The van der Waals surface area contributed by atoms with Crippen LogP contribution in [-0.2, 0) is 0 Å². The number of nitrogens with zero attached hydrogens (tertiary/aromatic N) is 1. The van der Waals surface area contributed by atoms with E-state index in [1.807, 2.05) is 42.5 Å². The predicted octanol–water partition coefficient (Wildman–Crippen LogP) is 7.61. The molecular weight excluding hydrogens is 450 g/mol. The van der Waals surface area contributed by atoms with Crippen molar-refractivity contribution in [2.24, 2.45) is 0 Å². The summed E-state index contributed by atoms with van der Waals surface area (Å²) in [6.45, 7) is 0. The lowest BCUT2D eigenvalue weighted by atomic mass is 10.00. The van der Waals surface area contributed by atoms with Gasteiger partial charge in [-0.1, -0.05) is 92.5 Å². The number of halogens is 2. The molecule has 3 aromatic carbocycles. The Kier molecular flexibility index (Phi) is 5.00. The van der Waals surface area contributed by atoms with E-state index in [4.69, 9.17) is 4.98 Å². The molecule has 126 valence electrons. The molecule has 1 nitrogen and oxygen atoms in total. The third-order valence-electron chi connectivity index (χ3n) is 4.16. The first kappa shape index (κ1) is 17.2. The lowest BCUT2D eigenvalue weighted by Gasteiger charge is -2.11. The van der Waals surface area contributed by atoms with E-state index in [1.165, 1.54) is 0 Å². The molecule has 0 bridgehead atoms. The van der Waals surface area contributed by atoms with Crippen LogP contribution in [0.5, 0.6) is 0 Å². The summed E-state index contributed by atoms with van der Waals surface area (Å²) in [5, 5.41) is 0. The lowest BCUT2D eigenvalue weighted by molar-refractivity contribution is 1.32. The number of pyridine rings is 1. The van der Waals surface area contributed by atoms with Crippen LogP contribution in [0.1, 0.15) is 0 Å². The monoisotopic (exact) mass is 463 g/mol. The van der Waals surface area contributed by atoms with Gasteiger partial charge in [-0.05, 0) is 41.5 Å². The fourth-order valence-corrected chi connectivity index (χ4v) is 4.23. The summed E-state index contributed by atoms with van der Waals surface area (Å²) < 4.78 is 2.09. The van der Waals surface area contributed by atoms with Crippen LogP contribution in [0.3, 0.4) is 0 Å². The van der Waals surface area contributed by atoms with Gasteiger partial charge >= 0.3 is 0 Å². The van der Waals surface area contributed by atoms with E-state index in [0.29, 0.717) is 0 Å². The predicted molar refractivity (Wildman–Crippen MR) is 116 cm³/mol. The summed E-state index contributed by atoms with van der Waals surface area (Å²) in [6, 6.07) is 31.2. The van der Waals surface area contributed by atoms with Crippen molar-refractivity contribution in [1.82, 2.24) is 4.98 Å². The van der Waals surface area contributed by atoms with E-state index >= 15 is 0 Å². The van der Waals surface area contributed by atoms with Crippen molar-refractivity contribution in [2.45, 2.75) is 0 Å². The molecule has 0 aliphatic carbocycles. The number of rotatable bonds is 3. The van der Waals surface area contributed by atoms with Gasteiger partial charge in [-0.2, -0.15) is 0 Å². The Balaban J connectivity index is 1.93. The zero-order valence-electron chi connectivity index (χ0n) is 13.9. The van der Waals surface area contributed by atoms with Gasteiger partial charge in [0.15, 0.2) is 0 Å². The van der Waals surface area contributed by atoms with E-state index in [1.54, 1.807) is 0 Å². The van der Waals surface area contributed by atoms with E-state index < -0.39 is 0 Å². The Hall–Kier alpha value is -2.23. The molecule has 0 amide bonds. The molecule has 0 spiro atoms. The van der Waals surface area contributed by atoms with E-state index in [2.05, 4.69) is 80.4 Å². The molecule has 0 atom stereocenters. The molecule has 1 heterocycles. The number of benzene rings is 3. The Bertz CT molecular complexity index is 966. The Morgan fingerprint density at radius 2 is 0.885 bits per heavy atom. The summed E-state index contributed by atoms with van der Waals surface area (Å²) >= 11 is 7.18. The SMILES string of the molecule is Brc1cc(Br)cc(-c2cc(-c3ccccc3)nc(-c3ccccc3)c2)c1. The Morgan fingerprint density at radius 3 is 1.35 bits per heavy atom. The number of aromatic nitrogens is 1. The van der Waals surface area contributed by atoms with Crippen molar-refractivity contribution < 1.29 is 0 Å². The maximum Gasteiger partial charge on any atom is 0.0715 e. The van der Waals surface area contributed by atoms with Crippen LogP contribution in [0.25, 0.3) is 33.6 Å². The second-order valence-corrected chi connectivity index (χ2v) is 7.85. The van der Waals surface area contributed by atoms with E-state index in [9.17, 15) is 0 Å². The minimum absolute atomic E-state index is 0.970. The van der Waals surface area contributed by atoms with Gasteiger partial charge in [0.2, 0.25) is 0 Å². The minimum atomic E-state index is 0.970. The average Bonchev–Trinajstić information content (AvgIpc) is 2.68. The molecule has 0 fully saturated rings. The molecule has 26 heavy (non-hydrogen) atoms. The first-order valence-corrected chi connectivity index (χ1v) is 9.87. The maximum atomic E-state index is 4.92. The summed E-state index contributed by atoms with van der Waals surface area (Å²) in [6.07, 6.45) is 0. The van der Waals surface area contributed by atoms with Crippen LogP contribution < -0.4 is 0 Å². The molecule has 0 saturated heterocycles. The van der Waals surface area contributed by atoms with Gasteiger partial charge in [0.05, 0.1) is 11.4 Å². The molecule has 1 aromatic heterocycles. The van der Waals surface area contributed by atoms with Gasteiger partial charge in [-0.25, -0.2) is 4.98 Å². The molecule has 0 N–H and O–H groups in total. The molecular formula is C23H15Br2N. The van der Waals surface area contributed by atoms with Crippen molar-refractivity contribution in [1.29, 1.82) is 0 Å². The molecule has 0 aliphatic rings. The van der Waals surface area contributed by atoms with Gasteiger partial charge in [-0.3, -0.25) is 0 Å². The third-order valence-corrected chi connectivity index (χ3v) is 5.08. The van der Waals surface area contributed by atoms with Crippen LogP contribution in [0, 0.1) is 0 Å². The fraction of sp³-hybridized carbons (Fsp3) is 0. The Morgan fingerprint density at radius 1 is 0.462 bits per heavy atom. The average molecular weight is 465 g/mol. The topological polar surface area (TPSA) is 12.9 Å². The highest BCUT2D eigenvalue weighted by Gasteiger charge is 2.09. The van der Waals surface area contributed by atoms with Gasteiger partial charge in [0.1, 0.15) is 0 Å². The largest absolute Gasteiger partial charge is 0.248 e. The molecule has 0 aliphatic heterocycles. The summed E-state index contributed by atoms with van der Waals surface area (Å²) in [5.74, 6) is 0. The first-order valence-electron chi connectivity index (χ1n) is 8.28. The van der Waals surface area contributed by atoms with E-state index in [0.717, 1.165) is 42.6 Å². The molecule has 4 aromatic rings. The van der Waals surface area contributed by atoms with Gasteiger partial charge < -0.3 is 0 Å².